The molecular weight excluding hydrogens is 364 g/mol. The standard InChI is InChI=1S/C24H24N2OS/c1-2-28-23-10-6-4-8-21(23)25-24(27)20-13-11-18(12-14-20)17-26-16-15-19-7-3-5-9-22(19)26/h3-14H,2,15-17H2,1H3,(H,25,27). The molecule has 1 N–H and O–H groups in total. The highest BCUT2D eigenvalue weighted by Crippen LogP contribution is 2.29. The molecular formula is C24H24N2OS. The first-order valence-electron chi connectivity index (χ1n) is 9.69. The number of benzene rings is 3. The number of thioether (sulfide) groups is 1. The molecule has 4 heteroatoms. The SMILES string of the molecule is CCSc1ccccc1NC(=O)c1ccc(CN2CCc3ccccc32)cc1. The third kappa shape index (κ3) is 4.07. The fourth-order valence-electron chi connectivity index (χ4n) is 3.60. The summed E-state index contributed by atoms with van der Waals surface area (Å²) < 4.78 is 0. The monoisotopic (exact) mass is 388 g/mol. The number of para-hydroxylation sites is 2. The summed E-state index contributed by atoms with van der Waals surface area (Å²) in [6.45, 7) is 4.03. The van der Waals surface area contributed by atoms with E-state index in [1.807, 2.05) is 36.4 Å². The Bertz CT molecular complexity index is 968. The van der Waals surface area contributed by atoms with E-state index in [2.05, 4.69) is 53.5 Å². The molecule has 0 saturated heterocycles. The third-order valence-electron chi connectivity index (χ3n) is 5.01. The molecule has 0 bridgehead atoms. The van der Waals surface area contributed by atoms with Gasteiger partial charge in [-0.2, -0.15) is 0 Å². The van der Waals surface area contributed by atoms with E-state index in [0.29, 0.717) is 5.56 Å². The second-order valence-electron chi connectivity index (χ2n) is 6.88. The van der Waals surface area contributed by atoms with E-state index in [0.717, 1.165) is 35.8 Å². The van der Waals surface area contributed by atoms with E-state index in [4.69, 9.17) is 0 Å². The zero-order valence-corrected chi connectivity index (χ0v) is 16.8. The van der Waals surface area contributed by atoms with Gasteiger partial charge in [-0.25, -0.2) is 0 Å². The van der Waals surface area contributed by atoms with Gasteiger partial charge in [-0.3, -0.25) is 4.79 Å². The quantitative estimate of drug-likeness (QED) is 0.557. The van der Waals surface area contributed by atoms with Gasteiger partial charge < -0.3 is 10.2 Å². The summed E-state index contributed by atoms with van der Waals surface area (Å²) in [6, 6.07) is 24.5. The molecule has 28 heavy (non-hydrogen) atoms. The van der Waals surface area contributed by atoms with Gasteiger partial charge in [-0.1, -0.05) is 49.4 Å². The average Bonchev–Trinajstić information content (AvgIpc) is 3.13. The Balaban J connectivity index is 1.43. The maximum atomic E-state index is 12.7. The minimum atomic E-state index is -0.0674. The Kier molecular flexibility index (Phi) is 5.68. The Morgan fingerprint density at radius 2 is 1.75 bits per heavy atom. The third-order valence-corrected chi connectivity index (χ3v) is 5.96. The van der Waals surface area contributed by atoms with Gasteiger partial charge in [-0.15, -0.1) is 11.8 Å². The number of hydrogen-bond acceptors (Lipinski definition) is 3. The van der Waals surface area contributed by atoms with Crippen LogP contribution in [-0.4, -0.2) is 18.2 Å². The van der Waals surface area contributed by atoms with Crippen LogP contribution in [0.5, 0.6) is 0 Å². The van der Waals surface area contributed by atoms with Crippen molar-refractivity contribution >= 4 is 29.0 Å². The summed E-state index contributed by atoms with van der Waals surface area (Å²) in [6.07, 6.45) is 1.10. The van der Waals surface area contributed by atoms with Crippen molar-refractivity contribution in [2.24, 2.45) is 0 Å². The topological polar surface area (TPSA) is 32.3 Å². The summed E-state index contributed by atoms with van der Waals surface area (Å²) in [5.41, 5.74) is 5.52. The van der Waals surface area contributed by atoms with Crippen LogP contribution in [0.25, 0.3) is 0 Å². The Hall–Kier alpha value is -2.72. The summed E-state index contributed by atoms with van der Waals surface area (Å²) in [4.78, 5) is 16.2. The lowest BCUT2D eigenvalue weighted by Crippen LogP contribution is -2.19. The molecule has 3 nitrogen and oxygen atoms in total. The van der Waals surface area contributed by atoms with Crippen LogP contribution in [0.3, 0.4) is 0 Å². The minimum Gasteiger partial charge on any atom is -0.367 e. The Labute approximate surface area is 170 Å². The Morgan fingerprint density at radius 3 is 2.57 bits per heavy atom. The van der Waals surface area contributed by atoms with Gasteiger partial charge in [0.05, 0.1) is 5.69 Å². The van der Waals surface area contributed by atoms with Crippen molar-refractivity contribution < 1.29 is 4.79 Å². The molecule has 0 radical (unpaired) electrons. The van der Waals surface area contributed by atoms with Gasteiger partial charge in [0.2, 0.25) is 0 Å². The lowest BCUT2D eigenvalue weighted by atomic mass is 10.1. The van der Waals surface area contributed by atoms with Crippen molar-refractivity contribution in [1.29, 1.82) is 0 Å². The molecule has 4 rings (SSSR count). The second kappa shape index (κ2) is 8.53. The van der Waals surface area contributed by atoms with Crippen LogP contribution in [0.15, 0.2) is 77.7 Å². The smallest absolute Gasteiger partial charge is 0.255 e. The maximum absolute atomic E-state index is 12.7. The van der Waals surface area contributed by atoms with Gasteiger partial charge >= 0.3 is 0 Å². The normalized spacial score (nSPS) is 12.7. The van der Waals surface area contributed by atoms with Crippen LogP contribution in [-0.2, 0) is 13.0 Å². The number of amides is 1. The van der Waals surface area contributed by atoms with E-state index in [9.17, 15) is 4.79 Å². The van der Waals surface area contributed by atoms with Gasteiger partial charge in [0, 0.05) is 29.2 Å². The van der Waals surface area contributed by atoms with Crippen molar-refractivity contribution in [3.05, 3.63) is 89.5 Å². The molecule has 1 heterocycles. The molecule has 0 aliphatic carbocycles. The fourth-order valence-corrected chi connectivity index (χ4v) is 4.36. The fraction of sp³-hybridized carbons (Fsp3) is 0.208. The molecule has 3 aromatic carbocycles. The van der Waals surface area contributed by atoms with Gasteiger partial charge in [0.1, 0.15) is 0 Å². The van der Waals surface area contributed by atoms with Crippen molar-refractivity contribution in [1.82, 2.24) is 0 Å². The number of nitrogens with zero attached hydrogens (tertiary/aromatic N) is 1. The summed E-state index contributed by atoms with van der Waals surface area (Å²) in [5, 5.41) is 3.05. The molecule has 0 spiro atoms. The highest BCUT2D eigenvalue weighted by molar-refractivity contribution is 7.99. The molecule has 1 amide bonds. The van der Waals surface area contributed by atoms with Crippen LogP contribution >= 0.6 is 11.8 Å². The van der Waals surface area contributed by atoms with E-state index in [1.54, 1.807) is 11.8 Å². The number of rotatable bonds is 6. The summed E-state index contributed by atoms with van der Waals surface area (Å²) >= 11 is 1.73. The second-order valence-corrected chi connectivity index (χ2v) is 8.19. The zero-order chi connectivity index (χ0) is 19.3. The van der Waals surface area contributed by atoms with Crippen LogP contribution < -0.4 is 10.2 Å². The number of fused-ring (bicyclic) bond motifs is 1. The number of carbonyl (C=O) groups excluding carboxylic acids is 1. The largest absolute Gasteiger partial charge is 0.367 e. The zero-order valence-electron chi connectivity index (χ0n) is 16.0. The minimum absolute atomic E-state index is 0.0674. The van der Waals surface area contributed by atoms with E-state index in [-0.39, 0.29) is 5.91 Å². The van der Waals surface area contributed by atoms with Crippen molar-refractivity contribution in [3.8, 4) is 0 Å². The van der Waals surface area contributed by atoms with Crippen molar-refractivity contribution in [2.75, 3.05) is 22.5 Å². The van der Waals surface area contributed by atoms with Crippen molar-refractivity contribution in [3.63, 3.8) is 0 Å². The van der Waals surface area contributed by atoms with Crippen LogP contribution in [0, 0.1) is 0 Å². The molecule has 3 aromatic rings. The van der Waals surface area contributed by atoms with E-state index >= 15 is 0 Å². The van der Waals surface area contributed by atoms with Crippen LogP contribution in [0.1, 0.15) is 28.4 Å². The van der Waals surface area contributed by atoms with E-state index < -0.39 is 0 Å². The number of nitrogens with one attached hydrogen (secondary N) is 1. The van der Waals surface area contributed by atoms with Gasteiger partial charge in [0.25, 0.3) is 5.91 Å². The van der Waals surface area contributed by atoms with Crippen molar-refractivity contribution in [2.45, 2.75) is 24.8 Å². The lowest BCUT2D eigenvalue weighted by molar-refractivity contribution is 0.102. The molecule has 0 unspecified atom stereocenters. The summed E-state index contributed by atoms with van der Waals surface area (Å²) in [5.74, 6) is 0.906. The Morgan fingerprint density at radius 1 is 1.00 bits per heavy atom. The molecule has 1 aliphatic rings. The molecule has 0 saturated carbocycles. The average molecular weight is 389 g/mol. The first-order valence-corrected chi connectivity index (χ1v) is 10.7. The first kappa shape index (κ1) is 18.6. The van der Waals surface area contributed by atoms with Crippen LogP contribution in [0.4, 0.5) is 11.4 Å². The molecule has 0 aromatic heterocycles. The number of carbonyl (C=O) groups is 1. The highest BCUT2D eigenvalue weighted by Gasteiger charge is 2.18. The van der Waals surface area contributed by atoms with E-state index in [1.165, 1.54) is 16.8 Å². The number of anilines is 2. The predicted molar refractivity (Wildman–Crippen MR) is 118 cm³/mol. The number of hydrogen-bond donors (Lipinski definition) is 1. The lowest BCUT2D eigenvalue weighted by Gasteiger charge is -2.19. The molecule has 0 fully saturated rings. The maximum Gasteiger partial charge on any atom is 0.255 e. The van der Waals surface area contributed by atoms with Gasteiger partial charge in [0.15, 0.2) is 0 Å². The first-order chi connectivity index (χ1) is 13.7. The predicted octanol–water partition coefficient (Wildman–Crippen LogP) is 5.61. The van der Waals surface area contributed by atoms with Gasteiger partial charge in [-0.05, 0) is 53.6 Å². The molecule has 142 valence electrons. The molecule has 0 atom stereocenters. The summed E-state index contributed by atoms with van der Waals surface area (Å²) in [7, 11) is 0. The molecule has 1 aliphatic heterocycles. The highest BCUT2D eigenvalue weighted by atomic mass is 32.2. The van der Waals surface area contributed by atoms with Crippen LogP contribution in [0.2, 0.25) is 0 Å².